The second-order valence-electron chi connectivity index (χ2n) is 6.27. The third-order valence-corrected chi connectivity index (χ3v) is 6.64. The summed E-state index contributed by atoms with van der Waals surface area (Å²) in [5, 5.41) is 0.378. The van der Waals surface area contributed by atoms with Gasteiger partial charge < -0.3 is 9.64 Å². The van der Waals surface area contributed by atoms with Crippen LogP contribution in [0.2, 0.25) is 5.02 Å². The number of halogens is 1. The van der Waals surface area contributed by atoms with Crippen molar-refractivity contribution in [2.75, 3.05) is 33.3 Å². The molecule has 0 N–H and O–H groups in total. The Hall–Kier alpha value is -2.09. The van der Waals surface area contributed by atoms with E-state index in [4.69, 9.17) is 16.3 Å². The number of hydrogen-bond acceptors (Lipinski definition) is 4. The van der Waals surface area contributed by atoms with Crippen LogP contribution in [-0.4, -0.2) is 56.8 Å². The van der Waals surface area contributed by atoms with E-state index in [1.54, 1.807) is 24.1 Å². The summed E-state index contributed by atoms with van der Waals surface area (Å²) in [6.45, 7) is 1.25. The van der Waals surface area contributed by atoms with Crippen LogP contribution in [-0.2, 0) is 21.2 Å². The lowest BCUT2D eigenvalue weighted by molar-refractivity contribution is -0.131. The Labute approximate surface area is 164 Å². The van der Waals surface area contributed by atoms with Crippen molar-refractivity contribution in [3.63, 3.8) is 0 Å². The molecule has 2 aromatic carbocycles. The number of hydrogen-bond donors (Lipinski definition) is 0. The third-order valence-electron chi connectivity index (χ3n) is 4.51. The van der Waals surface area contributed by atoms with E-state index in [0.717, 1.165) is 5.56 Å². The van der Waals surface area contributed by atoms with Gasteiger partial charge in [0.2, 0.25) is 15.9 Å². The number of benzene rings is 2. The fourth-order valence-corrected chi connectivity index (χ4v) is 4.75. The molecule has 8 heteroatoms. The van der Waals surface area contributed by atoms with E-state index in [1.165, 1.54) is 16.4 Å². The average Bonchev–Trinajstić information content (AvgIpc) is 2.68. The van der Waals surface area contributed by atoms with Gasteiger partial charge in [0.05, 0.1) is 18.4 Å². The summed E-state index contributed by atoms with van der Waals surface area (Å²) >= 11 is 5.91. The van der Waals surface area contributed by atoms with Crippen LogP contribution in [0.5, 0.6) is 5.75 Å². The smallest absolute Gasteiger partial charge is 0.243 e. The first-order valence-corrected chi connectivity index (χ1v) is 10.4. The molecular weight excluding hydrogens is 388 g/mol. The molecule has 144 valence electrons. The molecular formula is C19H21ClN2O4S. The Morgan fingerprint density at radius 3 is 2.44 bits per heavy atom. The third kappa shape index (κ3) is 4.61. The Morgan fingerprint density at radius 2 is 1.78 bits per heavy atom. The van der Waals surface area contributed by atoms with Gasteiger partial charge in [-0.25, -0.2) is 8.42 Å². The van der Waals surface area contributed by atoms with E-state index in [1.807, 2.05) is 24.3 Å². The minimum Gasteiger partial charge on any atom is -0.497 e. The molecule has 0 aromatic heterocycles. The van der Waals surface area contributed by atoms with Crippen LogP contribution in [0.25, 0.3) is 0 Å². The summed E-state index contributed by atoms with van der Waals surface area (Å²) in [5.41, 5.74) is 0.869. The number of piperazine rings is 1. The molecule has 0 saturated carbocycles. The van der Waals surface area contributed by atoms with Crippen LogP contribution in [0.4, 0.5) is 0 Å². The van der Waals surface area contributed by atoms with Gasteiger partial charge in [0.25, 0.3) is 0 Å². The maximum atomic E-state index is 12.7. The summed E-state index contributed by atoms with van der Waals surface area (Å²) in [6, 6.07) is 13.6. The summed E-state index contributed by atoms with van der Waals surface area (Å²) < 4.78 is 32.0. The first-order valence-electron chi connectivity index (χ1n) is 8.56. The van der Waals surface area contributed by atoms with Crippen molar-refractivity contribution in [3.05, 3.63) is 59.1 Å². The molecule has 0 atom stereocenters. The minimum atomic E-state index is -3.61. The first kappa shape index (κ1) is 19.7. The van der Waals surface area contributed by atoms with Crippen LogP contribution in [0.15, 0.2) is 53.4 Å². The lowest BCUT2D eigenvalue weighted by atomic mass is 10.1. The van der Waals surface area contributed by atoms with Crippen LogP contribution < -0.4 is 4.74 Å². The molecule has 1 amide bonds. The molecule has 3 rings (SSSR count). The zero-order chi connectivity index (χ0) is 19.4. The van der Waals surface area contributed by atoms with Crippen LogP contribution in [0, 0.1) is 0 Å². The molecule has 1 heterocycles. The van der Waals surface area contributed by atoms with Crippen molar-refractivity contribution in [1.29, 1.82) is 0 Å². The predicted octanol–water partition coefficient (Wildman–Crippen LogP) is 2.42. The Morgan fingerprint density at radius 1 is 1.07 bits per heavy atom. The highest BCUT2D eigenvalue weighted by Gasteiger charge is 2.30. The Balaban J connectivity index is 1.62. The fourth-order valence-electron chi connectivity index (χ4n) is 3.02. The molecule has 0 aliphatic carbocycles. The summed E-state index contributed by atoms with van der Waals surface area (Å²) in [6.07, 6.45) is 0.262. The summed E-state index contributed by atoms with van der Waals surface area (Å²) in [4.78, 5) is 14.4. The largest absolute Gasteiger partial charge is 0.497 e. The van der Waals surface area contributed by atoms with Crippen molar-refractivity contribution in [3.8, 4) is 5.75 Å². The number of amides is 1. The highest BCUT2D eigenvalue weighted by atomic mass is 35.5. The number of carbonyl (C=O) groups excluding carboxylic acids is 1. The van der Waals surface area contributed by atoms with Gasteiger partial charge in [0, 0.05) is 31.2 Å². The van der Waals surface area contributed by atoms with Crippen LogP contribution >= 0.6 is 11.6 Å². The van der Waals surface area contributed by atoms with Gasteiger partial charge in [-0.1, -0.05) is 29.8 Å². The van der Waals surface area contributed by atoms with E-state index in [9.17, 15) is 13.2 Å². The number of carbonyl (C=O) groups is 1. The topological polar surface area (TPSA) is 66.9 Å². The normalized spacial score (nSPS) is 15.6. The number of rotatable bonds is 5. The molecule has 1 aliphatic rings. The molecule has 1 saturated heterocycles. The quantitative estimate of drug-likeness (QED) is 0.762. The Bertz CT molecular complexity index is 925. The zero-order valence-electron chi connectivity index (χ0n) is 15.0. The van der Waals surface area contributed by atoms with E-state index in [2.05, 4.69) is 0 Å². The molecule has 1 aliphatic heterocycles. The molecule has 1 fully saturated rings. The van der Waals surface area contributed by atoms with E-state index in [-0.39, 0.29) is 30.3 Å². The van der Waals surface area contributed by atoms with Crippen LogP contribution in [0.1, 0.15) is 5.56 Å². The lowest BCUT2D eigenvalue weighted by Gasteiger charge is -2.34. The van der Waals surface area contributed by atoms with Gasteiger partial charge >= 0.3 is 0 Å². The standard InChI is InChI=1S/C19H21ClN2O4S/c1-26-17-6-2-4-15(12-17)13-19(23)21-8-10-22(11-9-21)27(24,25)18-7-3-5-16(20)14-18/h2-7,12,14H,8-11,13H2,1H3. The Kier molecular flexibility index (Phi) is 6.04. The second-order valence-corrected chi connectivity index (χ2v) is 8.64. The second kappa shape index (κ2) is 8.29. The first-order chi connectivity index (χ1) is 12.9. The van der Waals surface area contributed by atoms with Crippen molar-refractivity contribution in [2.24, 2.45) is 0 Å². The van der Waals surface area contributed by atoms with Gasteiger partial charge in [0.1, 0.15) is 5.75 Å². The molecule has 2 aromatic rings. The number of sulfonamides is 1. The highest BCUT2D eigenvalue weighted by molar-refractivity contribution is 7.89. The van der Waals surface area contributed by atoms with E-state index >= 15 is 0 Å². The van der Waals surface area contributed by atoms with E-state index < -0.39 is 10.0 Å². The summed E-state index contributed by atoms with van der Waals surface area (Å²) in [5.74, 6) is 0.681. The molecule has 6 nitrogen and oxygen atoms in total. The fraction of sp³-hybridized carbons (Fsp3) is 0.316. The SMILES string of the molecule is COc1cccc(CC(=O)N2CCN(S(=O)(=O)c3cccc(Cl)c3)CC2)c1. The average molecular weight is 409 g/mol. The van der Waals surface area contributed by atoms with Gasteiger partial charge in [-0.05, 0) is 35.9 Å². The van der Waals surface area contributed by atoms with Crippen molar-refractivity contribution >= 4 is 27.5 Å². The van der Waals surface area contributed by atoms with Crippen molar-refractivity contribution < 1.29 is 17.9 Å². The maximum absolute atomic E-state index is 12.7. The number of methoxy groups -OCH3 is 1. The minimum absolute atomic E-state index is 0.0249. The molecule has 0 bridgehead atoms. The lowest BCUT2D eigenvalue weighted by Crippen LogP contribution is -2.50. The predicted molar refractivity (Wildman–Crippen MR) is 103 cm³/mol. The zero-order valence-corrected chi connectivity index (χ0v) is 16.5. The van der Waals surface area contributed by atoms with Crippen LogP contribution in [0.3, 0.4) is 0 Å². The number of ether oxygens (including phenoxy) is 1. The van der Waals surface area contributed by atoms with Crippen molar-refractivity contribution in [2.45, 2.75) is 11.3 Å². The van der Waals surface area contributed by atoms with Gasteiger partial charge in [-0.15, -0.1) is 0 Å². The highest BCUT2D eigenvalue weighted by Crippen LogP contribution is 2.21. The number of nitrogens with zero attached hydrogens (tertiary/aromatic N) is 2. The van der Waals surface area contributed by atoms with Gasteiger partial charge in [-0.2, -0.15) is 4.31 Å². The molecule has 0 radical (unpaired) electrons. The molecule has 0 spiro atoms. The van der Waals surface area contributed by atoms with Gasteiger partial charge in [0.15, 0.2) is 0 Å². The van der Waals surface area contributed by atoms with Gasteiger partial charge in [-0.3, -0.25) is 4.79 Å². The summed E-state index contributed by atoms with van der Waals surface area (Å²) in [7, 11) is -2.02. The van der Waals surface area contributed by atoms with E-state index in [0.29, 0.717) is 23.9 Å². The monoisotopic (exact) mass is 408 g/mol. The van der Waals surface area contributed by atoms with Crippen molar-refractivity contribution in [1.82, 2.24) is 9.21 Å². The molecule has 0 unspecified atom stereocenters. The maximum Gasteiger partial charge on any atom is 0.243 e. The molecule has 27 heavy (non-hydrogen) atoms.